The number of amides is 2. The van der Waals surface area contributed by atoms with Crippen LogP contribution in [-0.2, 0) is 6.54 Å². The van der Waals surface area contributed by atoms with Crippen molar-refractivity contribution in [2.24, 2.45) is 0 Å². The molecule has 0 radical (unpaired) electrons. The summed E-state index contributed by atoms with van der Waals surface area (Å²) in [6.07, 6.45) is 0. The molecule has 3 aromatic carbocycles. The first-order valence-electron chi connectivity index (χ1n) is 8.21. The molecule has 0 unspecified atom stereocenters. The van der Waals surface area contributed by atoms with E-state index in [9.17, 15) is 14.0 Å². The van der Waals surface area contributed by atoms with Gasteiger partial charge in [0.05, 0.1) is 5.56 Å². The van der Waals surface area contributed by atoms with Gasteiger partial charge in [-0.2, -0.15) is 0 Å². The molecule has 0 aliphatic carbocycles. The fourth-order valence-corrected chi connectivity index (χ4v) is 2.67. The van der Waals surface area contributed by atoms with Crippen LogP contribution in [0.1, 0.15) is 26.3 Å². The Kier molecular flexibility index (Phi) is 5.84. The van der Waals surface area contributed by atoms with E-state index in [0.29, 0.717) is 16.8 Å². The standard InChI is InChI=1S/C21H16ClFN2O2/c22-16-9-10-19(23)18(12-16)21(27)24-13-14-5-4-6-15(11-14)20(26)25-17-7-2-1-3-8-17/h1-12H,13H2,(H,24,27)(H,25,26). The highest BCUT2D eigenvalue weighted by atomic mass is 35.5. The molecule has 0 spiro atoms. The van der Waals surface area contributed by atoms with Crippen LogP contribution >= 0.6 is 11.6 Å². The van der Waals surface area contributed by atoms with Gasteiger partial charge in [-0.3, -0.25) is 9.59 Å². The Morgan fingerprint density at radius 1 is 0.889 bits per heavy atom. The molecule has 0 fully saturated rings. The van der Waals surface area contributed by atoms with Gasteiger partial charge >= 0.3 is 0 Å². The van der Waals surface area contributed by atoms with Crippen molar-refractivity contribution in [3.8, 4) is 0 Å². The number of benzene rings is 3. The maximum Gasteiger partial charge on any atom is 0.255 e. The van der Waals surface area contributed by atoms with E-state index in [4.69, 9.17) is 11.6 Å². The summed E-state index contributed by atoms with van der Waals surface area (Å²) in [6.45, 7) is 0.150. The summed E-state index contributed by atoms with van der Waals surface area (Å²) >= 11 is 5.81. The van der Waals surface area contributed by atoms with E-state index in [1.54, 1.807) is 36.4 Å². The molecule has 0 saturated carbocycles. The zero-order valence-electron chi connectivity index (χ0n) is 14.2. The lowest BCUT2D eigenvalue weighted by molar-refractivity contribution is 0.0946. The van der Waals surface area contributed by atoms with Crippen LogP contribution in [0.15, 0.2) is 72.8 Å². The van der Waals surface area contributed by atoms with Crippen molar-refractivity contribution >= 4 is 29.1 Å². The third-order valence-electron chi connectivity index (χ3n) is 3.85. The van der Waals surface area contributed by atoms with Crippen LogP contribution in [0.3, 0.4) is 0 Å². The molecule has 0 heterocycles. The fourth-order valence-electron chi connectivity index (χ4n) is 2.50. The van der Waals surface area contributed by atoms with Gasteiger partial charge in [0.15, 0.2) is 0 Å². The van der Waals surface area contributed by atoms with E-state index >= 15 is 0 Å². The molecule has 2 N–H and O–H groups in total. The molecule has 0 aliphatic heterocycles. The molecule has 27 heavy (non-hydrogen) atoms. The van der Waals surface area contributed by atoms with Gasteiger partial charge in [0.1, 0.15) is 5.82 Å². The minimum absolute atomic E-state index is 0.125. The van der Waals surface area contributed by atoms with Gasteiger partial charge in [0.25, 0.3) is 11.8 Å². The van der Waals surface area contributed by atoms with Crippen molar-refractivity contribution in [2.75, 3.05) is 5.32 Å². The minimum Gasteiger partial charge on any atom is -0.348 e. The van der Waals surface area contributed by atoms with Crippen LogP contribution in [0, 0.1) is 5.82 Å². The smallest absolute Gasteiger partial charge is 0.255 e. The summed E-state index contributed by atoms with van der Waals surface area (Å²) in [6, 6.07) is 19.8. The summed E-state index contributed by atoms with van der Waals surface area (Å²) in [5, 5.41) is 5.71. The summed E-state index contributed by atoms with van der Waals surface area (Å²) < 4.78 is 13.8. The number of nitrogens with one attached hydrogen (secondary N) is 2. The number of carbonyl (C=O) groups is 2. The first-order chi connectivity index (χ1) is 13.0. The van der Waals surface area contributed by atoms with Gasteiger partial charge in [-0.1, -0.05) is 41.9 Å². The zero-order chi connectivity index (χ0) is 19.2. The molecule has 4 nitrogen and oxygen atoms in total. The molecule has 0 aliphatic rings. The second-order valence-corrected chi connectivity index (χ2v) is 6.26. The summed E-state index contributed by atoms with van der Waals surface area (Å²) in [5.41, 5.74) is 1.74. The van der Waals surface area contributed by atoms with Gasteiger partial charge < -0.3 is 10.6 Å². The van der Waals surface area contributed by atoms with E-state index in [2.05, 4.69) is 10.6 Å². The third-order valence-corrected chi connectivity index (χ3v) is 4.08. The number of hydrogen-bond acceptors (Lipinski definition) is 2. The van der Waals surface area contributed by atoms with Gasteiger partial charge in [0, 0.05) is 22.8 Å². The number of hydrogen-bond donors (Lipinski definition) is 2. The van der Waals surface area contributed by atoms with E-state index in [1.807, 2.05) is 18.2 Å². The van der Waals surface area contributed by atoms with E-state index < -0.39 is 11.7 Å². The Labute approximate surface area is 161 Å². The lowest BCUT2D eigenvalue weighted by Gasteiger charge is -2.09. The Morgan fingerprint density at radius 3 is 2.44 bits per heavy atom. The predicted octanol–water partition coefficient (Wildman–Crippen LogP) is 4.66. The molecule has 3 rings (SSSR count). The highest BCUT2D eigenvalue weighted by Crippen LogP contribution is 2.15. The Bertz CT molecular complexity index is 977. The normalized spacial score (nSPS) is 10.3. The lowest BCUT2D eigenvalue weighted by Crippen LogP contribution is -2.24. The molecule has 0 bridgehead atoms. The van der Waals surface area contributed by atoms with Crippen molar-refractivity contribution in [1.29, 1.82) is 0 Å². The average Bonchev–Trinajstić information content (AvgIpc) is 2.69. The van der Waals surface area contributed by atoms with Crippen molar-refractivity contribution in [3.63, 3.8) is 0 Å². The predicted molar refractivity (Wildman–Crippen MR) is 103 cm³/mol. The van der Waals surface area contributed by atoms with Crippen LogP contribution < -0.4 is 10.6 Å². The number of para-hydroxylation sites is 1. The summed E-state index contributed by atoms with van der Waals surface area (Å²) in [5.74, 6) is -1.47. The van der Waals surface area contributed by atoms with E-state index in [1.165, 1.54) is 12.1 Å². The second kappa shape index (κ2) is 8.47. The van der Waals surface area contributed by atoms with Crippen molar-refractivity contribution in [3.05, 3.63) is 100 Å². The van der Waals surface area contributed by atoms with E-state index in [-0.39, 0.29) is 23.0 Å². The van der Waals surface area contributed by atoms with Crippen molar-refractivity contribution < 1.29 is 14.0 Å². The van der Waals surface area contributed by atoms with E-state index in [0.717, 1.165) is 6.07 Å². The zero-order valence-corrected chi connectivity index (χ0v) is 15.0. The van der Waals surface area contributed by atoms with Gasteiger partial charge in [-0.05, 0) is 48.0 Å². The molecule has 2 amide bonds. The molecule has 3 aromatic rings. The van der Waals surface area contributed by atoms with Crippen LogP contribution in [0.4, 0.5) is 10.1 Å². The number of halogens is 2. The maximum atomic E-state index is 13.8. The third kappa shape index (κ3) is 4.92. The van der Waals surface area contributed by atoms with Gasteiger partial charge in [-0.15, -0.1) is 0 Å². The summed E-state index contributed by atoms with van der Waals surface area (Å²) in [7, 11) is 0. The monoisotopic (exact) mass is 382 g/mol. The molecular weight excluding hydrogens is 367 g/mol. The molecule has 136 valence electrons. The first kappa shape index (κ1) is 18.6. The highest BCUT2D eigenvalue weighted by molar-refractivity contribution is 6.31. The van der Waals surface area contributed by atoms with Crippen LogP contribution in [-0.4, -0.2) is 11.8 Å². The first-order valence-corrected chi connectivity index (χ1v) is 8.59. The van der Waals surface area contributed by atoms with Crippen LogP contribution in [0.25, 0.3) is 0 Å². The fraction of sp³-hybridized carbons (Fsp3) is 0.0476. The molecule has 0 aromatic heterocycles. The number of carbonyl (C=O) groups excluding carboxylic acids is 2. The van der Waals surface area contributed by atoms with Crippen LogP contribution in [0.2, 0.25) is 5.02 Å². The maximum absolute atomic E-state index is 13.8. The van der Waals surface area contributed by atoms with Gasteiger partial charge in [-0.25, -0.2) is 4.39 Å². The molecule has 0 atom stereocenters. The molecule has 6 heteroatoms. The Hall–Kier alpha value is -3.18. The highest BCUT2D eigenvalue weighted by Gasteiger charge is 2.12. The molecule has 0 saturated heterocycles. The van der Waals surface area contributed by atoms with Crippen molar-refractivity contribution in [1.82, 2.24) is 5.32 Å². The SMILES string of the molecule is O=C(Nc1ccccc1)c1cccc(CNC(=O)c2cc(Cl)ccc2F)c1. The summed E-state index contributed by atoms with van der Waals surface area (Å²) in [4.78, 5) is 24.5. The topological polar surface area (TPSA) is 58.2 Å². The largest absolute Gasteiger partial charge is 0.348 e. The average molecular weight is 383 g/mol. The van der Waals surface area contributed by atoms with Crippen LogP contribution in [0.5, 0.6) is 0 Å². The second-order valence-electron chi connectivity index (χ2n) is 5.83. The Balaban J connectivity index is 1.66. The number of anilines is 1. The lowest BCUT2D eigenvalue weighted by atomic mass is 10.1. The van der Waals surface area contributed by atoms with Crippen molar-refractivity contribution in [2.45, 2.75) is 6.54 Å². The Morgan fingerprint density at radius 2 is 1.67 bits per heavy atom. The quantitative estimate of drug-likeness (QED) is 0.674. The number of rotatable bonds is 5. The molecular formula is C21H16ClFN2O2. The minimum atomic E-state index is -0.645. The van der Waals surface area contributed by atoms with Gasteiger partial charge in [0.2, 0.25) is 0 Å².